The zero-order valence-electron chi connectivity index (χ0n) is 13.0. The SMILES string of the molecule is CCCNCc1cccc(S(=O)(=O)N2CCC(C)CC2)c1. The summed E-state index contributed by atoms with van der Waals surface area (Å²) in [6, 6.07) is 7.31. The molecule has 1 heterocycles. The molecule has 1 saturated heterocycles. The summed E-state index contributed by atoms with van der Waals surface area (Å²) in [6.07, 6.45) is 2.98. The van der Waals surface area contributed by atoms with Gasteiger partial charge in [0.05, 0.1) is 4.90 Å². The molecule has 1 aromatic rings. The van der Waals surface area contributed by atoms with E-state index in [1.54, 1.807) is 16.4 Å². The number of sulfonamides is 1. The maximum absolute atomic E-state index is 12.7. The molecule has 21 heavy (non-hydrogen) atoms. The van der Waals surface area contributed by atoms with Crippen molar-refractivity contribution in [2.75, 3.05) is 19.6 Å². The van der Waals surface area contributed by atoms with Gasteiger partial charge < -0.3 is 5.32 Å². The van der Waals surface area contributed by atoms with Crippen LogP contribution < -0.4 is 5.32 Å². The van der Waals surface area contributed by atoms with Crippen LogP contribution in [0.1, 0.15) is 38.7 Å². The Kier molecular flexibility index (Phi) is 5.79. The van der Waals surface area contributed by atoms with Crippen LogP contribution in [-0.2, 0) is 16.6 Å². The number of piperidine rings is 1. The van der Waals surface area contributed by atoms with Gasteiger partial charge in [0.15, 0.2) is 0 Å². The summed E-state index contributed by atoms with van der Waals surface area (Å²) in [7, 11) is -3.33. The summed E-state index contributed by atoms with van der Waals surface area (Å²) >= 11 is 0. The smallest absolute Gasteiger partial charge is 0.243 e. The van der Waals surface area contributed by atoms with Gasteiger partial charge in [-0.15, -0.1) is 0 Å². The highest BCUT2D eigenvalue weighted by atomic mass is 32.2. The molecule has 1 aromatic carbocycles. The van der Waals surface area contributed by atoms with Crippen LogP contribution in [0.4, 0.5) is 0 Å². The second-order valence-corrected chi connectivity index (χ2v) is 7.85. The van der Waals surface area contributed by atoms with E-state index < -0.39 is 10.0 Å². The highest BCUT2D eigenvalue weighted by molar-refractivity contribution is 7.89. The lowest BCUT2D eigenvalue weighted by molar-refractivity contribution is 0.288. The first-order valence-electron chi connectivity index (χ1n) is 7.84. The molecule has 4 nitrogen and oxygen atoms in total. The van der Waals surface area contributed by atoms with Gasteiger partial charge >= 0.3 is 0 Å². The van der Waals surface area contributed by atoms with E-state index in [1.165, 1.54) is 0 Å². The van der Waals surface area contributed by atoms with Crippen LogP contribution in [0.15, 0.2) is 29.2 Å². The van der Waals surface area contributed by atoms with Crippen LogP contribution in [0, 0.1) is 5.92 Å². The van der Waals surface area contributed by atoms with E-state index in [0.29, 0.717) is 30.4 Å². The molecular formula is C16H26N2O2S. The van der Waals surface area contributed by atoms with Crippen molar-refractivity contribution in [3.8, 4) is 0 Å². The Labute approximate surface area is 128 Å². The van der Waals surface area contributed by atoms with Gasteiger partial charge in [-0.25, -0.2) is 8.42 Å². The van der Waals surface area contributed by atoms with Gasteiger partial charge in [-0.05, 0) is 49.4 Å². The van der Waals surface area contributed by atoms with E-state index in [2.05, 4.69) is 19.2 Å². The third-order valence-electron chi connectivity index (χ3n) is 4.03. The topological polar surface area (TPSA) is 49.4 Å². The van der Waals surface area contributed by atoms with E-state index in [1.807, 2.05) is 12.1 Å². The van der Waals surface area contributed by atoms with Crippen LogP contribution in [0.5, 0.6) is 0 Å². The van der Waals surface area contributed by atoms with Crippen LogP contribution in [0.25, 0.3) is 0 Å². The fourth-order valence-corrected chi connectivity index (χ4v) is 4.14. The molecule has 1 aliphatic heterocycles. The standard InChI is InChI=1S/C16H26N2O2S/c1-3-9-17-13-15-5-4-6-16(12-15)21(19,20)18-10-7-14(2)8-11-18/h4-6,12,14,17H,3,7-11,13H2,1-2H3. The minimum Gasteiger partial charge on any atom is -0.313 e. The van der Waals surface area contributed by atoms with Crippen molar-refractivity contribution in [2.24, 2.45) is 5.92 Å². The fourth-order valence-electron chi connectivity index (χ4n) is 2.60. The molecule has 2 rings (SSSR count). The molecule has 0 saturated carbocycles. The fraction of sp³-hybridized carbons (Fsp3) is 0.625. The van der Waals surface area contributed by atoms with Crippen molar-refractivity contribution in [1.82, 2.24) is 9.62 Å². The second kappa shape index (κ2) is 7.38. The summed E-state index contributed by atoms with van der Waals surface area (Å²) in [5, 5.41) is 3.31. The van der Waals surface area contributed by atoms with E-state index >= 15 is 0 Å². The summed E-state index contributed by atoms with van der Waals surface area (Å²) < 4.78 is 27.0. The van der Waals surface area contributed by atoms with Gasteiger partial charge in [0, 0.05) is 19.6 Å². The molecule has 1 N–H and O–H groups in total. The van der Waals surface area contributed by atoms with Crippen LogP contribution in [0.3, 0.4) is 0 Å². The molecule has 0 atom stereocenters. The highest BCUT2D eigenvalue weighted by Crippen LogP contribution is 2.23. The van der Waals surface area contributed by atoms with Crippen molar-refractivity contribution < 1.29 is 8.42 Å². The molecule has 118 valence electrons. The van der Waals surface area contributed by atoms with E-state index in [9.17, 15) is 8.42 Å². The van der Waals surface area contributed by atoms with E-state index in [0.717, 1.165) is 31.4 Å². The summed E-state index contributed by atoms with van der Waals surface area (Å²) in [4.78, 5) is 0.424. The van der Waals surface area contributed by atoms with Crippen molar-refractivity contribution in [2.45, 2.75) is 44.6 Å². The monoisotopic (exact) mass is 310 g/mol. The first-order valence-corrected chi connectivity index (χ1v) is 9.28. The third-order valence-corrected chi connectivity index (χ3v) is 5.93. The molecule has 0 amide bonds. The predicted molar refractivity (Wildman–Crippen MR) is 85.6 cm³/mol. The Bertz CT molecular complexity index is 549. The zero-order chi connectivity index (χ0) is 15.3. The number of benzene rings is 1. The molecule has 1 fully saturated rings. The Hall–Kier alpha value is -0.910. The van der Waals surface area contributed by atoms with E-state index in [4.69, 9.17) is 0 Å². The molecule has 0 radical (unpaired) electrons. The van der Waals surface area contributed by atoms with Gasteiger partial charge in [-0.1, -0.05) is 26.0 Å². The second-order valence-electron chi connectivity index (χ2n) is 5.91. The molecule has 0 aromatic heterocycles. The average Bonchev–Trinajstić information content (AvgIpc) is 2.48. The maximum Gasteiger partial charge on any atom is 0.243 e. The van der Waals surface area contributed by atoms with Gasteiger partial charge in [-0.3, -0.25) is 0 Å². The molecule has 0 spiro atoms. The Morgan fingerprint density at radius 2 is 2.00 bits per heavy atom. The molecule has 0 bridgehead atoms. The molecule has 0 unspecified atom stereocenters. The summed E-state index contributed by atoms with van der Waals surface area (Å²) in [5.41, 5.74) is 1.02. The molecule has 5 heteroatoms. The Balaban J connectivity index is 2.10. The minimum absolute atomic E-state index is 0.424. The first kappa shape index (κ1) is 16.5. The van der Waals surface area contributed by atoms with Gasteiger partial charge in [-0.2, -0.15) is 4.31 Å². The first-order chi connectivity index (χ1) is 10.0. The average molecular weight is 310 g/mol. The Morgan fingerprint density at radius 1 is 1.29 bits per heavy atom. The maximum atomic E-state index is 12.7. The molecular weight excluding hydrogens is 284 g/mol. The van der Waals surface area contributed by atoms with Gasteiger partial charge in [0.1, 0.15) is 0 Å². The third kappa shape index (κ3) is 4.28. The summed E-state index contributed by atoms with van der Waals surface area (Å²) in [5.74, 6) is 0.626. The zero-order valence-corrected chi connectivity index (χ0v) is 13.8. The largest absolute Gasteiger partial charge is 0.313 e. The quantitative estimate of drug-likeness (QED) is 0.822. The minimum atomic E-state index is -3.33. The number of hydrogen-bond acceptors (Lipinski definition) is 3. The Morgan fingerprint density at radius 3 is 2.67 bits per heavy atom. The number of rotatable bonds is 6. The predicted octanol–water partition coefficient (Wildman–Crippen LogP) is 2.61. The molecule has 1 aliphatic rings. The van der Waals surface area contributed by atoms with Crippen LogP contribution >= 0.6 is 0 Å². The lowest BCUT2D eigenvalue weighted by Gasteiger charge is -2.29. The van der Waals surface area contributed by atoms with Gasteiger partial charge in [0.25, 0.3) is 0 Å². The lowest BCUT2D eigenvalue weighted by atomic mass is 10.0. The van der Waals surface area contributed by atoms with Crippen molar-refractivity contribution >= 4 is 10.0 Å². The van der Waals surface area contributed by atoms with Crippen molar-refractivity contribution in [1.29, 1.82) is 0 Å². The van der Waals surface area contributed by atoms with Crippen molar-refractivity contribution in [3.63, 3.8) is 0 Å². The lowest BCUT2D eigenvalue weighted by Crippen LogP contribution is -2.37. The summed E-state index contributed by atoms with van der Waals surface area (Å²) in [6.45, 7) is 7.24. The van der Waals surface area contributed by atoms with Crippen molar-refractivity contribution in [3.05, 3.63) is 29.8 Å². The number of hydrogen-bond donors (Lipinski definition) is 1. The molecule has 0 aliphatic carbocycles. The number of nitrogens with zero attached hydrogens (tertiary/aromatic N) is 1. The van der Waals surface area contributed by atoms with Crippen LogP contribution in [0.2, 0.25) is 0 Å². The normalized spacial score (nSPS) is 18.0. The van der Waals surface area contributed by atoms with Crippen LogP contribution in [-0.4, -0.2) is 32.4 Å². The highest BCUT2D eigenvalue weighted by Gasteiger charge is 2.27. The van der Waals surface area contributed by atoms with E-state index in [-0.39, 0.29) is 0 Å². The van der Waals surface area contributed by atoms with Gasteiger partial charge in [0.2, 0.25) is 10.0 Å². The number of nitrogens with one attached hydrogen (secondary N) is 1.